The normalized spacial score (nSPS) is 10.7. The Bertz CT molecular complexity index is 288. The first-order valence-electron chi connectivity index (χ1n) is 3.11. The second-order valence-corrected chi connectivity index (χ2v) is 3.97. The van der Waals surface area contributed by atoms with Gasteiger partial charge in [0, 0.05) is 14.7 Å². The van der Waals surface area contributed by atoms with Gasteiger partial charge in [-0.2, -0.15) is 0 Å². The van der Waals surface area contributed by atoms with E-state index in [1.54, 1.807) is 24.3 Å². The van der Waals surface area contributed by atoms with Crippen molar-refractivity contribution in [3.05, 3.63) is 26.9 Å². The summed E-state index contributed by atoms with van der Waals surface area (Å²) in [6.45, 7) is 1.54. The zero-order valence-electron chi connectivity index (χ0n) is 6.00. The van der Waals surface area contributed by atoms with Crippen molar-refractivity contribution in [1.82, 2.24) is 0 Å². The molecule has 0 aromatic carbocycles. The maximum absolute atomic E-state index is 10.5. The molecule has 0 unspecified atom stereocenters. The van der Waals surface area contributed by atoms with Gasteiger partial charge in [-0.15, -0.1) is 11.3 Å². The lowest BCUT2D eigenvalue weighted by Crippen LogP contribution is -1.77. The number of ketones is 1. The predicted molar refractivity (Wildman–Crippen MR) is 51.7 cm³/mol. The number of carbonyl (C=O) groups is 1. The summed E-state index contributed by atoms with van der Waals surface area (Å²) in [5.41, 5.74) is 0. The summed E-state index contributed by atoms with van der Waals surface area (Å²) < 4.78 is 1.06. The van der Waals surface area contributed by atoms with Gasteiger partial charge in [-0.05, 0) is 41.1 Å². The van der Waals surface area contributed by atoms with Crippen molar-refractivity contribution in [1.29, 1.82) is 0 Å². The fourth-order valence-corrected chi connectivity index (χ4v) is 1.95. The second-order valence-electron chi connectivity index (χ2n) is 2.11. The number of hydrogen-bond acceptors (Lipinski definition) is 2. The molecule has 3 heteroatoms. The minimum absolute atomic E-state index is 0.0783. The molecule has 0 bridgehead atoms. The lowest BCUT2D eigenvalue weighted by atomic mass is 10.3. The molecule has 1 rings (SSSR count). The Balaban J connectivity index is 2.71. The first-order valence-corrected chi connectivity index (χ1v) is 4.78. The summed E-state index contributed by atoms with van der Waals surface area (Å²) in [7, 11) is 0. The van der Waals surface area contributed by atoms with E-state index in [2.05, 4.69) is 15.9 Å². The molecule has 11 heavy (non-hydrogen) atoms. The quantitative estimate of drug-likeness (QED) is 0.714. The van der Waals surface area contributed by atoms with E-state index in [0.717, 1.165) is 9.35 Å². The molecule has 0 saturated carbocycles. The first-order chi connectivity index (χ1) is 5.18. The van der Waals surface area contributed by atoms with Gasteiger partial charge in [0.1, 0.15) is 0 Å². The van der Waals surface area contributed by atoms with Crippen LogP contribution in [0, 0.1) is 0 Å². The van der Waals surface area contributed by atoms with Gasteiger partial charge in [0.2, 0.25) is 0 Å². The maximum Gasteiger partial charge on any atom is 0.152 e. The molecule has 1 heterocycles. The fourth-order valence-electron chi connectivity index (χ4n) is 0.615. The van der Waals surface area contributed by atoms with Gasteiger partial charge in [0.05, 0.1) is 0 Å². The standard InChI is InChI=1S/C8H7BrOS/c1-6(10)2-3-8-4-7(9)5-11-8/h2-5H,1H3/b3-2+. The molecule has 0 aliphatic carbocycles. The lowest BCUT2D eigenvalue weighted by Gasteiger charge is -1.79. The molecule has 1 aromatic rings. The van der Waals surface area contributed by atoms with Crippen LogP contribution in [-0.2, 0) is 4.79 Å². The molecule has 0 N–H and O–H groups in total. The lowest BCUT2D eigenvalue weighted by molar-refractivity contribution is -0.112. The highest BCUT2D eigenvalue weighted by Gasteiger charge is 1.91. The summed E-state index contributed by atoms with van der Waals surface area (Å²) in [6, 6.07) is 1.98. The Labute approximate surface area is 77.9 Å². The first kappa shape index (κ1) is 8.68. The molecule has 0 amide bonds. The second kappa shape index (κ2) is 3.83. The summed E-state index contributed by atoms with van der Waals surface area (Å²) in [5, 5.41) is 1.99. The summed E-state index contributed by atoms with van der Waals surface area (Å²) >= 11 is 4.94. The Hall–Kier alpha value is -0.410. The van der Waals surface area contributed by atoms with Crippen LogP contribution in [0.5, 0.6) is 0 Å². The molecule has 0 fully saturated rings. The minimum Gasteiger partial charge on any atom is -0.295 e. The summed E-state index contributed by atoms with van der Waals surface area (Å²) in [6.07, 6.45) is 3.38. The third-order valence-electron chi connectivity index (χ3n) is 1.07. The van der Waals surface area contributed by atoms with Crippen LogP contribution in [-0.4, -0.2) is 5.78 Å². The minimum atomic E-state index is 0.0783. The zero-order valence-corrected chi connectivity index (χ0v) is 8.41. The number of allylic oxidation sites excluding steroid dienone is 1. The van der Waals surface area contributed by atoms with E-state index in [-0.39, 0.29) is 5.78 Å². The number of rotatable bonds is 2. The van der Waals surface area contributed by atoms with Crippen LogP contribution in [0.3, 0.4) is 0 Å². The Morgan fingerprint density at radius 1 is 1.73 bits per heavy atom. The Morgan fingerprint density at radius 2 is 2.45 bits per heavy atom. The maximum atomic E-state index is 10.5. The monoisotopic (exact) mass is 230 g/mol. The summed E-state index contributed by atoms with van der Waals surface area (Å²) in [4.78, 5) is 11.6. The number of halogens is 1. The van der Waals surface area contributed by atoms with E-state index in [1.807, 2.05) is 17.5 Å². The summed E-state index contributed by atoms with van der Waals surface area (Å²) in [5.74, 6) is 0.0783. The van der Waals surface area contributed by atoms with Gasteiger partial charge in [-0.3, -0.25) is 4.79 Å². The Kier molecular flexibility index (Phi) is 3.02. The molecule has 0 spiro atoms. The van der Waals surface area contributed by atoms with Gasteiger partial charge in [-0.1, -0.05) is 0 Å². The Morgan fingerprint density at radius 3 is 2.91 bits per heavy atom. The van der Waals surface area contributed by atoms with Crippen molar-refractivity contribution in [2.24, 2.45) is 0 Å². The van der Waals surface area contributed by atoms with Crippen LogP contribution in [0.15, 0.2) is 22.0 Å². The SMILES string of the molecule is CC(=O)/C=C/c1cc(Br)cs1. The van der Waals surface area contributed by atoms with Crippen molar-refractivity contribution in [3.8, 4) is 0 Å². The van der Waals surface area contributed by atoms with Crippen LogP contribution < -0.4 is 0 Å². The largest absolute Gasteiger partial charge is 0.295 e. The highest BCUT2D eigenvalue weighted by Crippen LogP contribution is 2.20. The van der Waals surface area contributed by atoms with Crippen molar-refractivity contribution >= 4 is 39.1 Å². The smallest absolute Gasteiger partial charge is 0.152 e. The molecular weight excluding hydrogens is 224 g/mol. The van der Waals surface area contributed by atoms with Crippen molar-refractivity contribution in [3.63, 3.8) is 0 Å². The van der Waals surface area contributed by atoms with Gasteiger partial charge >= 0.3 is 0 Å². The average Bonchev–Trinajstić information content (AvgIpc) is 2.31. The van der Waals surface area contributed by atoms with E-state index >= 15 is 0 Å². The molecular formula is C8H7BrOS. The fraction of sp³-hybridized carbons (Fsp3) is 0.125. The van der Waals surface area contributed by atoms with E-state index in [4.69, 9.17) is 0 Å². The van der Waals surface area contributed by atoms with E-state index < -0.39 is 0 Å². The highest BCUT2D eigenvalue weighted by molar-refractivity contribution is 9.10. The van der Waals surface area contributed by atoms with Crippen LogP contribution in [0.1, 0.15) is 11.8 Å². The third-order valence-corrected chi connectivity index (χ3v) is 2.73. The van der Waals surface area contributed by atoms with Gasteiger partial charge < -0.3 is 0 Å². The molecule has 1 aromatic heterocycles. The topological polar surface area (TPSA) is 17.1 Å². The molecule has 0 aliphatic heterocycles. The molecule has 1 nitrogen and oxygen atoms in total. The third kappa shape index (κ3) is 2.99. The van der Waals surface area contributed by atoms with Crippen LogP contribution in [0.2, 0.25) is 0 Å². The molecule has 0 saturated heterocycles. The van der Waals surface area contributed by atoms with Crippen LogP contribution in [0.4, 0.5) is 0 Å². The van der Waals surface area contributed by atoms with E-state index in [9.17, 15) is 4.79 Å². The molecule has 0 aliphatic rings. The number of hydrogen-bond donors (Lipinski definition) is 0. The molecule has 0 atom stereocenters. The number of thiophene rings is 1. The van der Waals surface area contributed by atoms with Gasteiger partial charge in [-0.25, -0.2) is 0 Å². The zero-order chi connectivity index (χ0) is 8.27. The van der Waals surface area contributed by atoms with Crippen LogP contribution in [0.25, 0.3) is 6.08 Å². The van der Waals surface area contributed by atoms with E-state index in [0.29, 0.717) is 0 Å². The molecule has 58 valence electrons. The van der Waals surface area contributed by atoms with Gasteiger partial charge in [0.25, 0.3) is 0 Å². The van der Waals surface area contributed by atoms with Gasteiger partial charge in [0.15, 0.2) is 5.78 Å². The van der Waals surface area contributed by atoms with Crippen molar-refractivity contribution in [2.75, 3.05) is 0 Å². The number of carbonyl (C=O) groups excluding carboxylic acids is 1. The van der Waals surface area contributed by atoms with Crippen LogP contribution >= 0.6 is 27.3 Å². The highest BCUT2D eigenvalue weighted by atomic mass is 79.9. The average molecular weight is 231 g/mol. The predicted octanol–water partition coefficient (Wildman–Crippen LogP) is 3.11. The van der Waals surface area contributed by atoms with Crippen molar-refractivity contribution in [2.45, 2.75) is 6.92 Å². The molecule has 0 radical (unpaired) electrons. The van der Waals surface area contributed by atoms with Crippen molar-refractivity contribution < 1.29 is 4.79 Å². The van der Waals surface area contributed by atoms with E-state index in [1.165, 1.54) is 0 Å².